The first kappa shape index (κ1) is 21.3. The smallest absolute Gasteiger partial charge is 0.294 e. The topological polar surface area (TPSA) is 119 Å². The summed E-state index contributed by atoms with van der Waals surface area (Å²) in [6.07, 6.45) is 1.59. The second-order valence-corrected chi connectivity index (χ2v) is 9.04. The van der Waals surface area contributed by atoms with Crippen LogP contribution in [-0.2, 0) is 11.8 Å². The molecule has 4 heterocycles. The number of nitrogens with zero attached hydrogens (tertiary/aromatic N) is 6. The molecule has 0 spiro atoms. The van der Waals surface area contributed by atoms with E-state index in [2.05, 4.69) is 25.4 Å². The quantitative estimate of drug-likeness (QED) is 0.478. The van der Waals surface area contributed by atoms with Crippen molar-refractivity contribution in [2.75, 3.05) is 11.4 Å². The molecule has 10 nitrogen and oxygen atoms in total. The van der Waals surface area contributed by atoms with E-state index in [1.54, 1.807) is 14.0 Å². The minimum Gasteiger partial charge on any atom is -0.348 e. The highest BCUT2D eigenvalue weighted by Gasteiger charge is 2.34. The number of benzene rings is 1. The van der Waals surface area contributed by atoms with Gasteiger partial charge in [-0.2, -0.15) is 4.98 Å². The lowest BCUT2D eigenvalue weighted by Crippen LogP contribution is -2.44. The second kappa shape index (κ2) is 8.39. The number of fused-ring (bicyclic) bond motifs is 1. The highest BCUT2D eigenvalue weighted by molar-refractivity contribution is 7.21. The van der Waals surface area contributed by atoms with Crippen molar-refractivity contribution >= 4 is 32.7 Å². The van der Waals surface area contributed by atoms with Crippen molar-refractivity contribution in [1.29, 1.82) is 0 Å². The molecular weight excluding hydrogens is 442 g/mol. The van der Waals surface area contributed by atoms with Crippen LogP contribution in [0.25, 0.3) is 22.1 Å². The number of thiazole rings is 1. The number of carbonyl (C=O) groups excluding carboxylic acids is 1. The number of hydrogen-bond acceptors (Lipinski definition) is 9. The monoisotopic (exact) mass is 465 g/mol. The maximum Gasteiger partial charge on any atom is 0.294 e. The number of anilines is 1. The first-order valence-corrected chi connectivity index (χ1v) is 11.5. The number of carbonyl (C=O) groups is 1. The van der Waals surface area contributed by atoms with E-state index in [4.69, 9.17) is 4.52 Å². The predicted molar refractivity (Wildman–Crippen MR) is 124 cm³/mol. The fourth-order valence-corrected chi connectivity index (χ4v) is 5.05. The van der Waals surface area contributed by atoms with Crippen LogP contribution in [0.3, 0.4) is 0 Å². The number of aryl methyl sites for hydroxylation is 1. The molecule has 0 aliphatic carbocycles. The Balaban J connectivity index is 1.44. The summed E-state index contributed by atoms with van der Waals surface area (Å²) in [5.41, 5.74) is 1.01. The van der Waals surface area contributed by atoms with Crippen molar-refractivity contribution in [3.05, 3.63) is 52.1 Å². The molecule has 1 N–H and O–H groups in total. The summed E-state index contributed by atoms with van der Waals surface area (Å²) >= 11 is 1.29. The lowest BCUT2D eigenvalue weighted by Gasteiger charge is -2.25. The van der Waals surface area contributed by atoms with Gasteiger partial charge in [-0.3, -0.25) is 14.2 Å². The van der Waals surface area contributed by atoms with Gasteiger partial charge >= 0.3 is 0 Å². The van der Waals surface area contributed by atoms with Gasteiger partial charge in [0.2, 0.25) is 11.7 Å². The lowest BCUT2D eigenvalue weighted by atomic mass is 10.1. The van der Waals surface area contributed by atoms with Gasteiger partial charge in [-0.1, -0.05) is 46.8 Å². The molecule has 0 unspecified atom stereocenters. The van der Waals surface area contributed by atoms with E-state index >= 15 is 0 Å². The summed E-state index contributed by atoms with van der Waals surface area (Å²) in [6, 6.07) is 9.40. The SMILES string of the molecule is Cc1noc(-c2nc3sc(N4CCC[C@@H]4C(=O)N[C@H](C)c4ccccc4)nc3c(=O)n2C)n1. The van der Waals surface area contributed by atoms with Gasteiger partial charge in [-0.05, 0) is 32.3 Å². The summed E-state index contributed by atoms with van der Waals surface area (Å²) in [4.78, 5) is 41.8. The van der Waals surface area contributed by atoms with Crippen LogP contribution in [0.15, 0.2) is 39.6 Å². The van der Waals surface area contributed by atoms with Crippen LogP contribution in [0.5, 0.6) is 0 Å². The zero-order valence-corrected chi connectivity index (χ0v) is 19.3. The standard InChI is InChI=1S/C22H23N7O3S/c1-12(14-8-5-4-6-9-14)23-18(30)15-10-7-11-29(15)22-25-16-20(33-22)26-17(28(3)21(16)31)19-24-13(2)27-32-19/h4-6,8-9,12,15H,7,10-11H2,1-3H3,(H,23,30)/t12-,15-/m1/s1. The van der Waals surface area contributed by atoms with Crippen molar-refractivity contribution < 1.29 is 9.32 Å². The Morgan fingerprint density at radius 3 is 2.76 bits per heavy atom. The van der Waals surface area contributed by atoms with Gasteiger partial charge in [-0.25, -0.2) is 9.97 Å². The Bertz CT molecular complexity index is 1380. The number of rotatable bonds is 5. The van der Waals surface area contributed by atoms with Gasteiger partial charge in [0.25, 0.3) is 11.4 Å². The first-order valence-electron chi connectivity index (χ1n) is 10.7. The summed E-state index contributed by atoms with van der Waals surface area (Å²) < 4.78 is 6.56. The van der Waals surface area contributed by atoms with E-state index in [1.165, 1.54) is 15.9 Å². The van der Waals surface area contributed by atoms with E-state index in [9.17, 15) is 9.59 Å². The Kier molecular flexibility index (Phi) is 5.41. The fraction of sp³-hybridized carbons (Fsp3) is 0.364. The average Bonchev–Trinajstić information content (AvgIpc) is 3.55. The minimum absolute atomic E-state index is 0.0500. The molecule has 1 aliphatic rings. The molecule has 4 aromatic rings. The second-order valence-electron chi connectivity index (χ2n) is 8.09. The Labute approximate surface area is 193 Å². The molecule has 0 bridgehead atoms. The predicted octanol–water partition coefficient (Wildman–Crippen LogP) is 2.59. The maximum absolute atomic E-state index is 13.1. The molecule has 0 saturated carbocycles. The molecule has 1 saturated heterocycles. The third-order valence-corrected chi connectivity index (χ3v) is 6.80. The zero-order valence-electron chi connectivity index (χ0n) is 18.5. The number of amides is 1. The van der Waals surface area contributed by atoms with Crippen LogP contribution in [0.1, 0.15) is 37.2 Å². The summed E-state index contributed by atoms with van der Waals surface area (Å²) in [7, 11) is 1.60. The summed E-state index contributed by atoms with van der Waals surface area (Å²) in [5, 5.41) is 7.50. The number of nitrogens with one attached hydrogen (secondary N) is 1. The van der Waals surface area contributed by atoms with E-state index in [0.717, 1.165) is 18.4 Å². The molecule has 170 valence electrons. The van der Waals surface area contributed by atoms with E-state index in [0.29, 0.717) is 22.3 Å². The van der Waals surface area contributed by atoms with Gasteiger partial charge in [-0.15, -0.1) is 0 Å². The Morgan fingerprint density at radius 1 is 1.24 bits per heavy atom. The van der Waals surface area contributed by atoms with Crippen molar-refractivity contribution in [2.45, 2.75) is 38.8 Å². The molecule has 3 aromatic heterocycles. The van der Waals surface area contributed by atoms with Gasteiger partial charge in [0.15, 0.2) is 21.3 Å². The largest absolute Gasteiger partial charge is 0.348 e. The van der Waals surface area contributed by atoms with Crippen LogP contribution >= 0.6 is 11.3 Å². The van der Waals surface area contributed by atoms with Crippen LogP contribution in [-0.4, -0.2) is 43.2 Å². The molecule has 11 heteroatoms. The molecule has 2 atom stereocenters. The fourth-order valence-electron chi connectivity index (χ4n) is 4.05. The maximum atomic E-state index is 13.1. The van der Waals surface area contributed by atoms with Gasteiger partial charge in [0.05, 0.1) is 6.04 Å². The summed E-state index contributed by atoms with van der Waals surface area (Å²) in [6.45, 7) is 4.36. The molecular formula is C22H23N7O3S. The minimum atomic E-state index is -0.348. The van der Waals surface area contributed by atoms with E-state index in [1.807, 2.05) is 42.2 Å². The van der Waals surface area contributed by atoms with Crippen LogP contribution < -0.4 is 15.8 Å². The van der Waals surface area contributed by atoms with Crippen LogP contribution in [0.4, 0.5) is 5.13 Å². The van der Waals surface area contributed by atoms with Crippen molar-refractivity contribution in [3.63, 3.8) is 0 Å². The van der Waals surface area contributed by atoms with Crippen molar-refractivity contribution in [3.8, 4) is 11.7 Å². The molecule has 1 aromatic carbocycles. The van der Waals surface area contributed by atoms with Crippen molar-refractivity contribution in [2.24, 2.45) is 7.05 Å². The molecule has 33 heavy (non-hydrogen) atoms. The van der Waals surface area contributed by atoms with Crippen LogP contribution in [0.2, 0.25) is 0 Å². The van der Waals surface area contributed by atoms with Crippen LogP contribution in [0, 0.1) is 6.92 Å². The van der Waals surface area contributed by atoms with Gasteiger partial charge < -0.3 is 14.7 Å². The van der Waals surface area contributed by atoms with E-state index in [-0.39, 0.29) is 40.8 Å². The third kappa shape index (κ3) is 3.88. The van der Waals surface area contributed by atoms with Gasteiger partial charge in [0.1, 0.15) is 6.04 Å². The molecule has 1 amide bonds. The molecule has 1 aliphatic heterocycles. The zero-order chi connectivity index (χ0) is 23.1. The summed E-state index contributed by atoms with van der Waals surface area (Å²) in [5.74, 6) is 0.874. The average molecular weight is 466 g/mol. The normalized spacial score (nSPS) is 16.9. The molecule has 0 radical (unpaired) electrons. The number of hydrogen-bond donors (Lipinski definition) is 1. The Hall–Kier alpha value is -3.60. The van der Waals surface area contributed by atoms with Gasteiger partial charge in [0, 0.05) is 13.6 Å². The third-order valence-electron chi connectivity index (χ3n) is 5.81. The lowest BCUT2D eigenvalue weighted by molar-refractivity contribution is -0.122. The first-order chi connectivity index (χ1) is 15.9. The number of aromatic nitrogens is 5. The Morgan fingerprint density at radius 2 is 2.03 bits per heavy atom. The molecule has 5 rings (SSSR count). The highest BCUT2D eigenvalue weighted by Crippen LogP contribution is 2.32. The molecule has 1 fully saturated rings. The van der Waals surface area contributed by atoms with Crippen molar-refractivity contribution in [1.82, 2.24) is 30.0 Å². The van der Waals surface area contributed by atoms with E-state index < -0.39 is 0 Å². The highest BCUT2D eigenvalue weighted by atomic mass is 32.1.